The molecular weight excluding hydrogens is 399 g/mol. The number of anilines is 2. The molecule has 162 valence electrons. The number of methoxy groups -OCH3 is 1. The van der Waals surface area contributed by atoms with Crippen molar-refractivity contribution < 1.29 is 27.5 Å². The van der Waals surface area contributed by atoms with Crippen molar-refractivity contribution in [2.45, 2.75) is 19.5 Å². The summed E-state index contributed by atoms with van der Waals surface area (Å²) in [5, 5.41) is 5.19. The summed E-state index contributed by atoms with van der Waals surface area (Å²) in [7, 11) is 1.49. The van der Waals surface area contributed by atoms with E-state index >= 15 is 0 Å². The van der Waals surface area contributed by atoms with Crippen LogP contribution in [0.25, 0.3) is 0 Å². The minimum absolute atomic E-state index is 0.0461. The number of benzene rings is 2. The summed E-state index contributed by atoms with van der Waals surface area (Å²) in [5.74, 6) is -0.331. The maximum absolute atomic E-state index is 12.8. The lowest BCUT2D eigenvalue weighted by Crippen LogP contribution is -2.39. The quantitative estimate of drug-likeness (QED) is 0.640. The smallest absolute Gasteiger partial charge is 0.416 e. The van der Waals surface area contributed by atoms with Crippen LogP contribution >= 0.6 is 0 Å². The zero-order valence-corrected chi connectivity index (χ0v) is 16.8. The lowest BCUT2D eigenvalue weighted by atomic mass is 10.2. The van der Waals surface area contributed by atoms with E-state index in [0.29, 0.717) is 24.4 Å². The molecule has 0 aliphatic heterocycles. The number of nitrogens with one attached hydrogen (secondary N) is 2. The second kappa shape index (κ2) is 10.6. The zero-order chi connectivity index (χ0) is 22.1. The second-order valence-corrected chi connectivity index (χ2v) is 6.59. The van der Waals surface area contributed by atoms with Gasteiger partial charge in [0.2, 0.25) is 11.8 Å². The van der Waals surface area contributed by atoms with Crippen LogP contribution in [0.2, 0.25) is 0 Å². The third kappa shape index (κ3) is 7.07. The van der Waals surface area contributed by atoms with Gasteiger partial charge in [-0.2, -0.15) is 13.2 Å². The lowest BCUT2D eigenvalue weighted by Gasteiger charge is -2.21. The molecule has 0 heterocycles. The molecule has 0 aliphatic rings. The topological polar surface area (TPSA) is 70.7 Å². The fourth-order valence-corrected chi connectivity index (χ4v) is 2.85. The number of ether oxygens (including phenoxy) is 1. The van der Waals surface area contributed by atoms with Crippen molar-refractivity contribution in [3.63, 3.8) is 0 Å². The molecule has 0 radical (unpaired) electrons. The Morgan fingerprint density at radius 1 is 1.00 bits per heavy atom. The molecule has 0 atom stereocenters. The molecule has 2 rings (SSSR count). The van der Waals surface area contributed by atoms with Crippen LogP contribution in [0.5, 0.6) is 5.75 Å². The number of alkyl halides is 3. The minimum atomic E-state index is -4.49. The molecule has 6 nitrogen and oxygen atoms in total. The number of rotatable bonds is 9. The van der Waals surface area contributed by atoms with Crippen LogP contribution in [0.3, 0.4) is 0 Å². The highest BCUT2D eigenvalue weighted by atomic mass is 19.4. The average molecular weight is 423 g/mol. The van der Waals surface area contributed by atoms with Crippen LogP contribution < -0.4 is 15.4 Å². The van der Waals surface area contributed by atoms with Crippen LogP contribution in [0.15, 0.2) is 48.5 Å². The second-order valence-electron chi connectivity index (χ2n) is 6.59. The SMILES string of the molecule is CCCN(CC(=O)Nc1cccc(C(F)(F)F)c1)CC(=O)Nc1ccccc1OC. The van der Waals surface area contributed by atoms with Gasteiger partial charge in [-0.1, -0.05) is 25.1 Å². The minimum Gasteiger partial charge on any atom is -0.495 e. The van der Waals surface area contributed by atoms with E-state index in [-0.39, 0.29) is 24.7 Å². The van der Waals surface area contributed by atoms with E-state index in [1.807, 2.05) is 6.92 Å². The van der Waals surface area contributed by atoms with E-state index in [0.717, 1.165) is 12.1 Å². The normalized spacial score (nSPS) is 11.3. The van der Waals surface area contributed by atoms with Gasteiger partial charge in [-0.3, -0.25) is 14.5 Å². The van der Waals surface area contributed by atoms with Gasteiger partial charge in [0.15, 0.2) is 0 Å². The zero-order valence-electron chi connectivity index (χ0n) is 16.8. The van der Waals surface area contributed by atoms with Crippen LogP contribution in [-0.2, 0) is 15.8 Å². The molecule has 0 aliphatic carbocycles. The Kier molecular flexibility index (Phi) is 8.23. The summed E-state index contributed by atoms with van der Waals surface area (Å²) >= 11 is 0. The lowest BCUT2D eigenvalue weighted by molar-refractivity contribution is -0.137. The Bertz CT molecular complexity index is 872. The summed E-state index contributed by atoms with van der Waals surface area (Å²) < 4.78 is 43.6. The highest BCUT2D eigenvalue weighted by Crippen LogP contribution is 2.30. The molecule has 2 aromatic rings. The number of carbonyl (C=O) groups is 2. The number of para-hydroxylation sites is 2. The van der Waals surface area contributed by atoms with Crippen molar-refractivity contribution in [1.29, 1.82) is 0 Å². The summed E-state index contributed by atoms with van der Waals surface area (Å²) in [6, 6.07) is 11.3. The first-order chi connectivity index (χ1) is 14.2. The van der Waals surface area contributed by atoms with Crippen LogP contribution in [-0.4, -0.2) is 43.5 Å². The van der Waals surface area contributed by atoms with E-state index in [1.165, 1.54) is 19.2 Å². The predicted molar refractivity (Wildman–Crippen MR) is 108 cm³/mol. The van der Waals surface area contributed by atoms with Gasteiger partial charge in [0.1, 0.15) is 5.75 Å². The highest BCUT2D eigenvalue weighted by Gasteiger charge is 2.30. The van der Waals surface area contributed by atoms with Gasteiger partial charge in [-0.15, -0.1) is 0 Å². The largest absolute Gasteiger partial charge is 0.495 e. The van der Waals surface area contributed by atoms with Crippen molar-refractivity contribution in [1.82, 2.24) is 4.90 Å². The van der Waals surface area contributed by atoms with E-state index < -0.39 is 17.6 Å². The van der Waals surface area contributed by atoms with Crippen molar-refractivity contribution in [3.05, 3.63) is 54.1 Å². The van der Waals surface area contributed by atoms with Gasteiger partial charge in [0, 0.05) is 5.69 Å². The van der Waals surface area contributed by atoms with Crippen molar-refractivity contribution in [2.75, 3.05) is 37.4 Å². The van der Waals surface area contributed by atoms with Crippen molar-refractivity contribution >= 4 is 23.2 Å². The Balaban J connectivity index is 1.97. The summed E-state index contributed by atoms with van der Waals surface area (Å²) in [4.78, 5) is 26.3. The van der Waals surface area contributed by atoms with E-state index in [9.17, 15) is 22.8 Å². The van der Waals surface area contributed by atoms with Crippen LogP contribution in [0.4, 0.5) is 24.5 Å². The fourth-order valence-electron chi connectivity index (χ4n) is 2.85. The molecule has 0 bridgehead atoms. The summed E-state index contributed by atoms with van der Waals surface area (Å²) in [6.07, 6.45) is -3.80. The van der Waals surface area contributed by atoms with E-state index in [1.54, 1.807) is 29.2 Å². The first-order valence-corrected chi connectivity index (χ1v) is 9.35. The first kappa shape index (κ1) is 23.2. The number of nitrogens with zero attached hydrogens (tertiary/aromatic N) is 1. The van der Waals surface area contributed by atoms with E-state index in [4.69, 9.17) is 4.74 Å². The Morgan fingerprint density at radius 2 is 1.67 bits per heavy atom. The van der Waals surface area contributed by atoms with Crippen LogP contribution in [0.1, 0.15) is 18.9 Å². The number of halogens is 3. The van der Waals surface area contributed by atoms with Crippen molar-refractivity contribution in [3.8, 4) is 5.75 Å². The molecule has 2 N–H and O–H groups in total. The highest BCUT2D eigenvalue weighted by molar-refractivity contribution is 5.95. The molecule has 0 unspecified atom stereocenters. The molecule has 2 aromatic carbocycles. The molecule has 0 aromatic heterocycles. The number of hydrogen-bond donors (Lipinski definition) is 2. The molecular formula is C21H24F3N3O3. The standard InChI is InChI=1S/C21H24F3N3O3/c1-3-11-27(14-20(29)26-17-9-4-5-10-18(17)30-2)13-19(28)25-16-8-6-7-15(12-16)21(22,23)24/h4-10,12H,3,11,13-14H2,1-2H3,(H,25,28)(H,26,29). The predicted octanol–water partition coefficient (Wildman–Crippen LogP) is 4.00. The van der Waals surface area contributed by atoms with Gasteiger partial charge in [0.05, 0.1) is 31.5 Å². The Morgan fingerprint density at radius 3 is 2.30 bits per heavy atom. The number of carbonyl (C=O) groups excluding carboxylic acids is 2. The number of amides is 2. The molecule has 2 amide bonds. The van der Waals surface area contributed by atoms with Crippen molar-refractivity contribution in [2.24, 2.45) is 0 Å². The molecule has 9 heteroatoms. The fraction of sp³-hybridized carbons (Fsp3) is 0.333. The van der Waals surface area contributed by atoms with Gasteiger partial charge in [0.25, 0.3) is 0 Å². The number of hydrogen-bond acceptors (Lipinski definition) is 4. The molecule has 0 fully saturated rings. The molecule has 0 saturated heterocycles. The van der Waals surface area contributed by atoms with Crippen LogP contribution in [0, 0.1) is 0 Å². The summed E-state index contributed by atoms with van der Waals surface area (Å²) in [6.45, 7) is 2.18. The molecule has 30 heavy (non-hydrogen) atoms. The molecule has 0 saturated carbocycles. The Labute approximate surface area is 173 Å². The van der Waals surface area contributed by atoms with Gasteiger partial charge >= 0.3 is 6.18 Å². The third-order valence-electron chi connectivity index (χ3n) is 4.13. The average Bonchev–Trinajstić information content (AvgIpc) is 2.68. The summed E-state index contributed by atoms with van der Waals surface area (Å²) in [5.41, 5.74) is -0.290. The Hall–Kier alpha value is -3.07. The van der Waals surface area contributed by atoms with E-state index in [2.05, 4.69) is 10.6 Å². The monoisotopic (exact) mass is 423 g/mol. The third-order valence-corrected chi connectivity index (χ3v) is 4.13. The maximum atomic E-state index is 12.8. The van der Waals surface area contributed by atoms with Gasteiger partial charge in [-0.05, 0) is 43.3 Å². The van der Waals surface area contributed by atoms with Gasteiger partial charge in [-0.25, -0.2) is 0 Å². The molecule has 0 spiro atoms. The maximum Gasteiger partial charge on any atom is 0.416 e. The van der Waals surface area contributed by atoms with Gasteiger partial charge < -0.3 is 15.4 Å². The first-order valence-electron chi connectivity index (χ1n) is 9.35.